The highest BCUT2D eigenvalue weighted by Crippen LogP contribution is 2.26. The maximum atomic E-state index is 14.1. The standard InChI is InChI=1S/C17H15FN2/c18-16-10-13(11-19)7-8-17(16)20-9-3-6-14-4-1-2-5-15(14)12-20/h1-2,4-5,7-8,10H,3,6,9,12H2. The summed E-state index contributed by atoms with van der Waals surface area (Å²) in [5.74, 6) is -0.316. The molecule has 0 saturated carbocycles. The summed E-state index contributed by atoms with van der Waals surface area (Å²) in [4.78, 5) is 2.06. The molecule has 0 fully saturated rings. The Balaban J connectivity index is 1.94. The van der Waals surface area contributed by atoms with Crippen LogP contribution in [0, 0.1) is 17.1 Å². The number of aryl methyl sites for hydroxylation is 1. The third-order valence-electron chi connectivity index (χ3n) is 3.77. The molecule has 0 spiro atoms. The third-order valence-corrected chi connectivity index (χ3v) is 3.77. The summed E-state index contributed by atoms with van der Waals surface area (Å²) >= 11 is 0. The summed E-state index contributed by atoms with van der Waals surface area (Å²) in [6, 6.07) is 15.0. The maximum absolute atomic E-state index is 14.1. The minimum Gasteiger partial charge on any atom is -0.365 e. The molecule has 20 heavy (non-hydrogen) atoms. The highest BCUT2D eigenvalue weighted by atomic mass is 19.1. The van der Waals surface area contributed by atoms with Gasteiger partial charge in [-0.05, 0) is 42.2 Å². The van der Waals surface area contributed by atoms with E-state index in [9.17, 15) is 4.39 Å². The molecule has 0 aromatic heterocycles. The second kappa shape index (κ2) is 5.34. The van der Waals surface area contributed by atoms with Gasteiger partial charge in [0, 0.05) is 13.1 Å². The number of benzene rings is 2. The molecule has 1 heterocycles. The number of hydrogen-bond acceptors (Lipinski definition) is 2. The van der Waals surface area contributed by atoms with Gasteiger partial charge in [0.25, 0.3) is 0 Å². The highest BCUT2D eigenvalue weighted by Gasteiger charge is 2.17. The van der Waals surface area contributed by atoms with Crippen LogP contribution in [0.2, 0.25) is 0 Å². The summed E-state index contributed by atoms with van der Waals surface area (Å²) in [7, 11) is 0. The molecule has 0 bridgehead atoms. The zero-order valence-electron chi connectivity index (χ0n) is 11.1. The number of nitrogens with zero attached hydrogens (tertiary/aromatic N) is 2. The van der Waals surface area contributed by atoms with Crippen LogP contribution in [0.5, 0.6) is 0 Å². The molecule has 3 rings (SSSR count). The first-order chi connectivity index (χ1) is 9.78. The van der Waals surface area contributed by atoms with E-state index in [-0.39, 0.29) is 5.82 Å². The van der Waals surface area contributed by atoms with Crippen molar-refractivity contribution < 1.29 is 4.39 Å². The van der Waals surface area contributed by atoms with Crippen molar-refractivity contribution in [3.8, 4) is 6.07 Å². The molecule has 3 heteroatoms. The van der Waals surface area contributed by atoms with Crippen LogP contribution < -0.4 is 4.90 Å². The molecule has 0 amide bonds. The van der Waals surface area contributed by atoms with E-state index >= 15 is 0 Å². The van der Waals surface area contributed by atoms with Gasteiger partial charge in [-0.25, -0.2) is 4.39 Å². The van der Waals surface area contributed by atoms with E-state index in [1.54, 1.807) is 12.1 Å². The number of halogens is 1. The van der Waals surface area contributed by atoms with Crippen LogP contribution >= 0.6 is 0 Å². The Morgan fingerprint density at radius 3 is 2.65 bits per heavy atom. The van der Waals surface area contributed by atoms with Gasteiger partial charge < -0.3 is 4.90 Å². The quantitative estimate of drug-likeness (QED) is 0.787. The predicted molar refractivity (Wildman–Crippen MR) is 76.9 cm³/mol. The Labute approximate surface area is 118 Å². The summed E-state index contributed by atoms with van der Waals surface area (Å²) in [6.07, 6.45) is 2.04. The Morgan fingerprint density at radius 1 is 1.10 bits per heavy atom. The second-order valence-electron chi connectivity index (χ2n) is 5.07. The maximum Gasteiger partial charge on any atom is 0.147 e. The molecule has 0 radical (unpaired) electrons. The van der Waals surface area contributed by atoms with Gasteiger partial charge in [-0.1, -0.05) is 24.3 Å². The molecule has 100 valence electrons. The highest BCUT2D eigenvalue weighted by molar-refractivity contribution is 5.52. The van der Waals surface area contributed by atoms with E-state index in [1.165, 1.54) is 17.2 Å². The Kier molecular flexibility index (Phi) is 3.39. The van der Waals surface area contributed by atoms with Crippen LogP contribution in [0.15, 0.2) is 42.5 Å². The molecule has 2 nitrogen and oxygen atoms in total. The average molecular weight is 266 g/mol. The van der Waals surface area contributed by atoms with Crippen molar-refractivity contribution in [2.75, 3.05) is 11.4 Å². The minimum atomic E-state index is -0.316. The van der Waals surface area contributed by atoms with Crippen LogP contribution in [0.1, 0.15) is 23.1 Å². The van der Waals surface area contributed by atoms with Gasteiger partial charge in [-0.15, -0.1) is 0 Å². The van der Waals surface area contributed by atoms with Gasteiger partial charge >= 0.3 is 0 Å². The molecule has 0 saturated heterocycles. The Morgan fingerprint density at radius 2 is 1.90 bits per heavy atom. The van der Waals surface area contributed by atoms with Crippen molar-refractivity contribution in [3.05, 3.63) is 65.0 Å². The molecular weight excluding hydrogens is 251 g/mol. The normalized spacial score (nSPS) is 14.3. The topological polar surface area (TPSA) is 27.0 Å². The van der Waals surface area contributed by atoms with Gasteiger partial charge in [0.1, 0.15) is 5.82 Å². The molecule has 0 unspecified atom stereocenters. The van der Waals surface area contributed by atoms with Crippen molar-refractivity contribution in [1.29, 1.82) is 5.26 Å². The molecule has 2 aromatic carbocycles. The Bertz CT molecular complexity index is 673. The van der Waals surface area contributed by atoms with Crippen LogP contribution in [-0.2, 0) is 13.0 Å². The largest absolute Gasteiger partial charge is 0.365 e. The summed E-state index contributed by atoms with van der Waals surface area (Å²) in [5, 5.41) is 8.81. The molecular formula is C17H15FN2. The van der Waals surface area contributed by atoms with E-state index < -0.39 is 0 Å². The fourth-order valence-electron chi connectivity index (χ4n) is 2.74. The third kappa shape index (κ3) is 2.37. The number of fused-ring (bicyclic) bond motifs is 1. The first kappa shape index (κ1) is 12.7. The smallest absolute Gasteiger partial charge is 0.147 e. The van der Waals surface area contributed by atoms with Crippen molar-refractivity contribution in [3.63, 3.8) is 0 Å². The van der Waals surface area contributed by atoms with E-state index in [1.807, 2.05) is 12.1 Å². The van der Waals surface area contributed by atoms with E-state index in [2.05, 4.69) is 23.1 Å². The van der Waals surface area contributed by atoms with Crippen molar-refractivity contribution in [2.45, 2.75) is 19.4 Å². The predicted octanol–water partition coefficient (Wildman–Crippen LogP) is 3.65. The van der Waals surface area contributed by atoms with Gasteiger partial charge in [-0.3, -0.25) is 0 Å². The number of rotatable bonds is 1. The molecule has 0 N–H and O–H groups in total. The zero-order valence-corrected chi connectivity index (χ0v) is 11.1. The van der Waals surface area contributed by atoms with Crippen LogP contribution in [-0.4, -0.2) is 6.54 Å². The van der Waals surface area contributed by atoms with Crippen LogP contribution in [0.25, 0.3) is 0 Å². The number of anilines is 1. The van der Waals surface area contributed by atoms with E-state index in [4.69, 9.17) is 5.26 Å². The van der Waals surface area contributed by atoms with Gasteiger partial charge in [-0.2, -0.15) is 5.26 Å². The van der Waals surface area contributed by atoms with Gasteiger partial charge in [0.2, 0.25) is 0 Å². The Hall–Kier alpha value is -2.34. The molecule has 2 aromatic rings. The monoisotopic (exact) mass is 266 g/mol. The summed E-state index contributed by atoms with van der Waals surface area (Å²) in [5.41, 5.74) is 3.56. The van der Waals surface area contributed by atoms with E-state index in [0.717, 1.165) is 25.9 Å². The minimum absolute atomic E-state index is 0.316. The summed E-state index contributed by atoms with van der Waals surface area (Å²) < 4.78 is 14.1. The van der Waals surface area contributed by atoms with Crippen molar-refractivity contribution in [1.82, 2.24) is 0 Å². The molecule has 0 aliphatic carbocycles. The van der Waals surface area contributed by atoms with Crippen LogP contribution in [0.3, 0.4) is 0 Å². The first-order valence-corrected chi connectivity index (χ1v) is 6.79. The van der Waals surface area contributed by atoms with Crippen molar-refractivity contribution in [2.24, 2.45) is 0 Å². The van der Waals surface area contributed by atoms with Gasteiger partial charge in [0.15, 0.2) is 0 Å². The number of nitriles is 1. The van der Waals surface area contributed by atoms with Gasteiger partial charge in [0.05, 0.1) is 17.3 Å². The lowest BCUT2D eigenvalue weighted by atomic mass is 10.0. The molecule has 1 aliphatic heterocycles. The van der Waals surface area contributed by atoms with Crippen molar-refractivity contribution >= 4 is 5.69 Å². The fraction of sp³-hybridized carbons (Fsp3) is 0.235. The first-order valence-electron chi connectivity index (χ1n) is 6.79. The zero-order chi connectivity index (χ0) is 13.9. The molecule has 0 atom stereocenters. The lowest BCUT2D eigenvalue weighted by Crippen LogP contribution is -2.23. The van der Waals surface area contributed by atoms with E-state index in [0.29, 0.717) is 11.3 Å². The lowest BCUT2D eigenvalue weighted by Gasteiger charge is -2.23. The fourth-order valence-corrected chi connectivity index (χ4v) is 2.74. The summed E-state index contributed by atoms with van der Waals surface area (Å²) in [6.45, 7) is 1.55. The molecule has 1 aliphatic rings. The second-order valence-corrected chi connectivity index (χ2v) is 5.07. The average Bonchev–Trinajstić information content (AvgIpc) is 2.69. The van der Waals surface area contributed by atoms with Crippen LogP contribution in [0.4, 0.5) is 10.1 Å². The SMILES string of the molecule is N#Cc1ccc(N2CCCc3ccccc3C2)c(F)c1. The lowest BCUT2D eigenvalue weighted by molar-refractivity contribution is 0.614. The number of hydrogen-bond donors (Lipinski definition) is 0.